The molecule has 0 radical (unpaired) electrons. The lowest BCUT2D eigenvalue weighted by atomic mass is 10.2. The molecule has 0 unspecified atom stereocenters. The Hall–Kier alpha value is -4.01. The van der Waals surface area contributed by atoms with Crippen LogP contribution in [0.4, 0.5) is 0 Å². The number of ether oxygens (including phenoxy) is 1. The summed E-state index contributed by atoms with van der Waals surface area (Å²) in [7, 11) is 0. The first-order chi connectivity index (χ1) is 14.3. The van der Waals surface area contributed by atoms with E-state index in [1.54, 1.807) is 4.57 Å². The summed E-state index contributed by atoms with van der Waals surface area (Å²) < 4.78 is 14.6. The number of hydrogen-bond donors (Lipinski definition) is 0. The van der Waals surface area contributed by atoms with E-state index in [0.29, 0.717) is 35.2 Å². The van der Waals surface area contributed by atoms with Crippen molar-refractivity contribution in [1.29, 1.82) is 0 Å². The van der Waals surface area contributed by atoms with E-state index in [0.717, 1.165) is 11.1 Å². The zero-order valence-corrected chi connectivity index (χ0v) is 15.5. The van der Waals surface area contributed by atoms with E-state index < -0.39 is 0 Å². The van der Waals surface area contributed by atoms with Crippen LogP contribution >= 0.6 is 0 Å². The summed E-state index contributed by atoms with van der Waals surface area (Å²) in [6.07, 6.45) is 1.29. The van der Waals surface area contributed by atoms with Gasteiger partial charge in [0.25, 0.3) is 5.56 Å². The van der Waals surface area contributed by atoms with E-state index >= 15 is 0 Å². The molecule has 0 atom stereocenters. The largest absolute Gasteiger partial charge is 0.486 e. The van der Waals surface area contributed by atoms with Crippen molar-refractivity contribution in [2.24, 2.45) is 0 Å². The minimum absolute atomic E-state index is 0.0768. The minimum Gasteiger partial charge on any atom is -0.486 e. The molecule has 9 heteroatoms. The normalized spacial score (nSPS) is 11.3. The first kappa shape index (κ1) is 17.1. The smallest absolute Gasteiger partial charge is 0.262 e. The molecule has 0 aliphatic carbocycles. The topological polar surface area (TPSA) is 100 Å². The highest BCUT2D eigenvalue weighted by Crippen LogP contribution is 2.21. The van der Waals surface area contributed by atoms with Crippen molar-refractivity contribution in [3.8, 4) is 17.2 Å². The average Bonchev–Trinajstić information content (AvgIpc) is 3.44. The predicted octanol–water partition coefficient (Wildman–Crippen LogP) is 2.69. The van der Waals surface area contributed by atoms with Gasteiger partial charge in [-0.1, -0.05) is 12.1 Å². The molecule has 0 amide bonds. The maximum atomic E-state index is 12.7. The summed E-state index contributed by atoms with van der Waals surface area (Å²) >= 11 is 0. The number of aryl methyl sites for hydroxylation is 1. The summed E-state index contributed by atoms with van der Waals surface area (Å²) in [5, 5.41) is 16.7. The van der Waals surface area contributed by atoms with Crippen LogP contribution in [0.5, 0.6) is 5.75 Å². The van der Waals surface area contributed by atoms with Crippen LogP contribution in [-0.4, -0.2) is 29.4 Å². The molecule has 0 N–H and O–H groups in total. The molecule has 9 nitrogen and oxygen atoms in total. The molecule has 5 rings (SSSR count). The van der Waals surface area contributed by atoms with Gasteiger partial charge in [-0.05, 0) is 43.3 Å². The number of hydrogen-bond acceptors (Lipinski definition) is 7. The first-order valence-corrected chi connectivity index (χ1v) is 9.11. The van der Waals surface area contributed by atoms with E-state index in [1.807, 2.05) is 59.9 Å². The molecule has 0 saturated heterocycles. The maximum absolute atomic E-state index is 12.7. The summed E-state index contributed by atoms with van der Waals surface area (Å²) in [6, 6.07) is 14.8. The number of aromatic nitrogens is 6. The van der Waals surface area contributed by atoms with Crippen LogP contribution in [0, 0.1) is 0 Å². The van der Waals surface area contributed by atoms with Gasteiger partial charge in [0.1, 0.15) is 12.4 Å². The van der Waals surface area contributed by atoms with Crippen LogP contribution in [0.25, 0.3) is 28.1 Å². The zero-order valence-electron chi connectivity index (χ0n) is 15.5. The van der Waals surface area contributed by atoms with E-state index in [1.165, 1.54) is 6.39 Å². The Labute approximate surface area is 164 Å². The van der Waals surface area contributed by atoms with Gasteiger partial charge in [-0.15, -0.1) is 20.4 Å². The molecule has 0 saturated carbocycles. The van der Waals surface area contributed by atoms with Crippen molar-refractivity contribution in [2.45, 2.75) is 20.1 Å². The highest BCUT2D eigenvalue weighted by atomic mass is 16.5. The molecule has 144 valence electrons. The number of fused-ring (bicyclic) bond motifs is 3. The van der Waals surface area contributed by atoms with E-state index in [-0.39, 0.29) is 12.2 Å². The van der Waals surface area contributed by atoms with Crippen LogP contribution in [0.2, 0.25) is 0 Å². The van der Waals surface area contributed by atoms with Gasteiger partial charge >= 0.3 is 0 Å². The number of nitrogens with zero attached hydrogens (tertiary/aromatic N) is 6. The SMILES string of the molecule is CCn1c(=O)c2ccccc2n2c(COc3ccc(-c4nnco4)cc3)nnc12. The Morgan fingerprint density at radius 3 is 2.62 bits per heavy atom. The van der Waals surface area contributed by atoms with Gasteiger partial charge in [0.05, 0.1) is 10.9 Å². The highest BCUT2D eigenvalue weighted by molar-refractivity contribution is 5.80. The van der Waals surface area contributed by atoms with Crippen LogP contribution in [0.15, 0.2) is 64.1 Å². The van der Waals surface area contributed by atoms with Crippen molar-refractivity contribution >= 4 is 16.7 Å². The summed E-state index contributed by atoms with van der Waals surface area (Å²) in [4.78, 5) is 12.7. The van der Waals surface area contributed by atoms with Crippen molar-refractivity contribution in [3.63, 3.8) is 0 Å². The molecule has 0 spiro atoms. The molecule has 0 aliphatic heterocycles. The van der Waals surface area contributed by atoms with E-state index in [9.17, 15) is 4.79 Å². The molecule has 2 aromatic carbocycles. The van der Waals surface area contributed by atoms with Crippen LogP contribution in [-0.2, 0) is 13.2 Å². The van der Waals surface area contributed by atoms with Crippen molar-refractivity contribution in [2.75, 3.05) is 0 Å². The molecule has 0 bridgehead atoms. The third-order valence-corrected chi connectivity index (χ3v) is 4.72. The van der Waals surface area contributed by atoms with Gasteiger partial charge in [-0.25, -0.2) is 0 Å². The standard InChI is InChI=1S/C20H16N6O3/c1-2-25-19(27)15-5-3-4-6-16(15)26-17(22-24-20(25)26)11-28-14-9-7-13(8-10-14)18-23-21-12-29-18/h3-10,12H,2,11H2,1H3. The lowest BCUT2D eigenvalue weighted by Crippen LogP contribution is -2.22. The number of rotatable bonds is 5. The molecule has 3 aromatic heterocycles. The lowest BCUT2D eigenvalue weighted by molar-refractivity contribution is 0.295. The fraction of sp³-hybridized carbons (Fsp3) is 0.150. The fourth-order valence-electron chi connectivity index (χ4n) is 3.33. The molecular formula is C20H16N6O3. The Morgan fingerprint density at radius 2 is 1.86 bits per heavy atom. The van der Waals surface area contributed by atoms with Gasteiger partial charge in [0.15, 0.2) is 5.82 Å². The number of para-hydroxylation sites is 1. The fourth-order valence-corrected chi connectivity index (χ4v) is 3.33. The molecule has 29 heavy (non-hydrogen) atoms. The Morgan fingerprint density at radius 1 is 1.03 bits per heavy atom. The van der Waals surface area contributed by atoms with Gasteiger partial charge in [0, 0.05) is 12.1 Å². The molecular weight excluding hydrogens is 372 g/mol. The van der Waals surface area contributed by atoms with Gasteiger partial charge in [-0.3, -0.25) is 13.8 Å². The summed E-state index contributed by atoms with van der Waals surface area (Å²) in [6.45, 7) is 2.61. The second-order valence-corrected chi connectivity index (χ2v) is 6.38. The van der Waals surface area contributed by atoms with Crippen LogP contribution in [0.1, 0.15) is 12.7 Å². The van der Waals surface area contributed by atoms with Crippen LogP contribution in [0.3, 0.4) is 0 Å². The van der Waals surface area contributed by atoms with Crippen molar-refractivity contribution in [1.82, 2.24) is 29.4 Å². The maximum Gasteiger partial charge on any atom is 0.262 e. The third kappa shape index (κ3) is 2.83. The predicted molar refractivity (Wildman–Crippen MR) is 104 cm³/mol. The van der Waals surface area contributed by atoms with Crippen LogP contribution < -0.4 is 10.3 Å². The second-order valence-electron chi connectivity index (χ2n) is 6.38. The minimum atomic E-state index is -0.0768. The Bertz CT molecular complexity index is 1350. The molecule has 0 fully saturated rings. The third-order valence-electron chi connectivity index (χ3n) is 4.72. The van der Waals surface area contributed by atoms with Crippen molar-refractivity contribution < 1.29 is 9.15 Å². The van der Waals surface area contributed by atoms with E-state index in [4.69, 9.17) is 9.15 Å². The molecule has 5 aromatic rings. The van der Waals surface area contributed by atoms with Gasteiger partial charge < -0.3 is 9.15 Å². The summed E-state index contributed by atoms with van der Waals surface area (Å²) in [5.74, 6) is 2.23. The Kier molecular flexibility index (Phi) is 4.05. The van der Waals surface area contributed by atoms with Gasteiger partial charge in [-0.2, -0.15) is 0 Å². The highest BCUT2D eigenvalue weighted by Gasteiger charge is 2.16. The van der Waals surface area contributed by atoms with Crippen molar-refractivity contribution in [3.05, 3.63) is 71.1 Å². The van der Waals surface area contributed by atoms with Gasteiger partial charge in [0.2, 0.25) is 18.1 Å². The van der Waals surface area contributed by atoms with E-state index in [2.05, 4.69) is 20.4 Å². The lowest BCUT2D eigenvalue weighted by Gasteiger charge is -2.10. The molecule has 0 aliphatic rings. The quantitative estimate of drug-likeness (QED) is 0.456. The monoisotopic (exact) mass is 388 g/mol. The first-order valence-electron chi connectivity index (χ1n) is 9.11. The molecule has 3 heterocycles. The Balaban J connectivity index is 1.50. The zero-order chi connectivity index (χ0) is 19.8. The average molecular weight is 388 g/mol. The second kappa shape index (κ2) is 6.86. The number of benzene rings is 2. The summed E-state index contributed by atoms with van der Waals surface area (Å²) in [5.41, 5.74) is 1.49.